The van der Waals surface area contributed by atoms with Gasteiger partial charge in [0.1, 0.15) is 11.4 Å². The fourth-order valence-corrected chi connectivity index (χ4v) is 7.00. The smallest absolute Gasteiger partial charge is 0.268 e. The van der Waals surface area contributed by atoms with Crippen LogP contribution in [0.4, 0.5) is 4.39 Å². The molecule has 37 heavy (non-hydrogen) atoms. The number of alkyl halides is 1. The van der Waals surface area contributed by atoms with Crippen molar-refractivity contribution in [1.82, 2.24) is 24.3 Å². The molecule has 1 N–H and O–H groups in total. The summed E-state index contributed by atoms with van der Waals surface area (Å²) in [6.07, 6.45) is 1.00. The van der Waals surface area contributed by atoms with Crippen molar-refractivity contribution < 1.29 is 22.3 Å². The van der Waals surface area contributed by atoms with Gasteiger partial charge in [0.05, 0.1) is 30.9 Å². The number of nitrogens with zero attached hydrogens (tertiary/aromatic N) is 4. The van der Waals surface area contributed by atoms with E-state index in [1.165, 1.54) is 4.31 Å². The standard InChI is InChI=1S/C26H40FN5O4S/c1-5-9-31-17-22-24(28-26(33)25(22)29(4)18-31)21-14-20(7-8-23(21)36-6-2)37(34,35)32-12-10-30(11-13-32)16-19(3)15-27/h7-8,14,19,24H,5-6,9-13,15-18H2,1-4H3,(H,28,33)/t19-,24-/m1/s1. The Morgan fingerprint density at radius 3 is 2.54 bits per heavy atom. The number of piperazine rings is 1. The van der Waals surface area contributed by atoms with Gasteiger partial charge in [0.15, 0.2) is 0 Å². The summed E-state index contributed by atoms with van der Waals surface area (Å²) in [4.78, 5) is 19.5. The highest BCUT2D eigenvalue weighted by atomic mass is 32.2. The van der Waals surface area contributed by atoms with Crippen LogP contribution in [0.2, 0.25) is 0 Å². The monoisotopic (exact) mass is 537 g/mol. The van der Waals surface area contributed by atoms with Crippen LogP contribution in [0.3, 0.4) is 0 Å². The van der Waals surface area contributed by atoms with Crippen molar-refractivity contribution in [1.29, 1.82) is 0 Å². The maximum absolute atomic E-state index is 13.6. The third kappa shape index (κ3) is 5.79. The van der Waals surface area contributed by atoms with Gasteiger partial charge in [0, 0.05) is 51.9 Å². The number of sulfonamides is 1. The second-order valence-corrected chi connectivity index (χ2v) is 12.2. The Hall–Kier alpha value is -2.21. The maximum Gasteiger partial charge on any atom is 0.268 e. The molecule has 1 aromatic carbocycles. The summed E-state index contributed by atoms with van der Waals surface area (Å²) >= 11 is 0. The van der Waals surface area contributed by atoms with Crippen molar-refractivity contribution >= 4 is 15.9 Å². The van der Waals surface area contributed by atoms with Crippen LogP contribution in [-0.2, 0) is 14.8 Å². The van der Waals surface area contributed by atoms with E-state index in [1.54, 1.807) is 18.2 Å². The first-order valence-electron chi connectivity index (χ1n) is 13.2. The number of rotatable bonds is 10. The number of hydrogen-bond acceptors (Lipinski definition) is 7. The number of amides is 1. The quantitative estimate of drug-likeness (QED) is 0.489. The van der Waals surface area contributed by atoms with Crippen molar-refractivity contribution in [2.24, 2.45) is 5.92 Å². The Balaban J connectivity index is 1.62. The molecule has 11 heteroatoms. The Morgan fingerprint density at radius 1 is 1.16 bits per heavy atom. The van der Waals surface area contributed by atoms with Crippen molar-refractivity contribution in [2.75, 3.05) is 72.8 Å². The average Bonchev–Trinajstić information content (AvgIpc) is 3.21. The molecule has 0 spiro atoms. The van der Waals surface area contributed by atoms with E-state index in [0.29, 0.717) is 69.6 Å². The van der Waals surface area contributed by atoms with Crippen LogP contribution in [0.15, 0.2) is 34.4 Å². The lowest BCUT2D eigenvalue weighted by molar-refractivity contribution is -0.118. The van der Waals surface area contributed by atoms with E-state index in [-0.39, 0.29) is 23.4 Å². The van der Waals surface area contributed by atoms with Gasteiger partial charge in [0.25, 0.3) is 5.91 Å². The minimum Gasteiger partial charge on any atom is -0.494 e. The zero-order chi connectivity index (χ0) is 26.7. The lowest BCUT2D eigenvalue weighted by Gasteiger charge is -2.36. The number of hydrogen-bond donors (Lipinski definition) is 1. The molecule has 2 atom stereocenters. The van der Waals surface area contributed by atoms with Crippen molar-refractivity contribution in [3.8, 4) is 5.75 Å². The lowest BCUT2D eigenvalue weighted by atomic mass is 9.97. The first-order chi connectivity index (χ1) is 17.7. The molecule has 206 valence electrons. The van der Waals surface area contributed by atoms with Crippen molar-refractivity contribution in [2.45, 2.75) is 38.1 Å². The maximum atomic E-state index is 13.6. The van der Waals surface area contributed by atoms with E-state index >= 15 is 0 Å². The van der Waals surface area contributed by atoms with E-state index < -0.39 is 16.1 Å². The molecule has 3 aliphatic heterocycles. The molecule has 1 saturated heterocycles. The lowest BCUT2D eigenvalue weighted by Crippen LogP contribution is -2.49. The molecule has 0 aromatic heterocycles. The molecule has 0 bridgehead atoms. The van der Waals surface area contributed by atoms with Gasteiger partial charge < -0.3 is 19.9 Å². The summed E-state index contributed by atoms with van der Waals surface area (Å²) in [6, 6.07) is 4.49. The second-order valence-electron chi connectivity index (χ2n) is 10.3. The third-order valence-corrected chi connectivity index (χ3v) is 9.16. The Kier molecular flexibility index (Phi) is 8.77. The van der Waals surface area contributed by atoms with E-state index in [1.807, 2.05) is 25.8 Å². The highest BCUT2D eigenvalue weighted by Gasteiger charge is 2.40. The van der Waals surface area contributed by atoms with Crippen LogP contribution in [0.1, 0.15) is 38.8 Å². The van der Waals surface area contributed by atoms with Crippen LogP contribution in [-0.4, -0.2) is 106 Å². The number of ether oxygens (including phenoxy) is 1. The molecule has 1 fully saturated rings. The van der Waals surface area contributed by atoms with Crippen LogP contribution in [0, 0.1) is 5.92 Å². The summed E-state index contributed by atoms with van der Waals surface area (Å²) in [5.74, 6) is 0.360. The van der Waals surface area contributed by atoms with E-state index in [4.69, 9.17) is 4.74 Å². The predicted molar refractivity (Wildman–Crippen MR) is 140 cm³/mol. The van der Waals surface area contributed by atoms with Crippen LogP contribution in [0.25, 0.3) is 0 Å². The van der Waals surface area contributed by atoms with Crippen LogP contribution < -0.4 is 10.1 Å². The topological polar surface area (TPSA) is 85.4 Å². The van der Waals surface area contributed by atoms with Gasteiger partial charge in [0.2, 0.25) is 10.0 Å². The molecule has 3 heterocycles. The molecule has 3 aliphatic rings. The first kappa shape index (κ1) is 27.8. The summed E-state index contributed by atoms with van der Waals surface area (Å²) < 4.78 is 47.6. The molecule has 0 radical (unpaired) electrons. The third-order valence-electron chi connectivity index (χ3n) is 7.27. The predicted octanol–water partition coefficient (Wildman–Crippen LogP) is 2.04. The summed E-state index contributed by atoms with van der Waals surface area (Å²) in [5, 5.41) is 3.08. The van der Waals surface area contributed by atoms with E-state index in [0.717, 1.165) is 18.5 Å². The highest BCUT2D eigenvalue weighted by molar-refractivity contribution is 7.89. The van der Waals surface area contributed by atoms with Gasteiger partial charge in [-0.05, 0) is 49.6 Å². The number of benzene rings is 1. The number of likely N-dealkylation sites (N-methyl/N-ethyl adjacent to an activating group) is 1. The fraction of sp³-hybridized carbons (Fsp3) is 0.654. The molecule has 4 rings (SSSR count). The van der Waals surface area contributed by atoms with Gasteiger partial charge >= 0.3 is 0 Å². The largest absolute Gasteiger partial charge is 0.494 e. The normalized spacial score (nSPS) is 22.8. The molecule has 0 aliphatic carbocycles. The minimum absolute atomic E-state index is 0.0651. The molecule has 1 aromatic rings. The average molecular weight is 538 g/mol. The molecule has 0 unspecified atom stereocenters. The molecular formula is C26H40FN5O4S. The number of nitrogens with one attached hydrogen (secondary N) is 1. The number of halogens is 1. The van der Waals surface area contributed by atoms with Crippen LogP contribution >= 0.6 is 0 Å². The van der Waals surface area contributed by atoms with Gasteiger partial charge in [-0.1, -0.05) is 13.8 Å². The number of carbonyl (C=O) groups is 1. The van der Waals surface area contributed by atoms with Crippen molar-refractivity contribution in [3.63, 3.8) is 0 Å². The summed E-state index contributed by atoms with van der Waals surface area (Å²) in [5.41, 5.74) is 2.26. The minimum atomic E-state index is -3.75. The van der Waals surface area contributed by atoms with Gasteiger partial charge in [-0.25, -0.2) is 8.42 Å². The molecule has 1 amide bonds. The molecular weight excluding hydrogens is 497 g/mol. The second kappa shape index (κ2) is 11.7. The van der Waals surface area contributed by atoms with Gasteiger partial charge in [-0.3, -0.25) is 14.1 Å². The Labute approximate surface area is 220 Å². The Bertz CT molecular complexity index is 1120. The number of carbonyl (C=O) groups excluding carboxylic acids is 1. The zero-order valence-electron chi connectivity index (χ0n) is 22.4. The van der Waals surface area contributed by atoms with Gasteiger partial charge in [-0.2, -0.15) is 4.31 Å². The molecule has 0 saturated carbocycles. The summed E-state index contributed by atoms with van der Waals surface area (Å²) in [7, 11) is -1.83. The van der Waals surface area contributed by atoms with Gasteiger partial charge in [-0.15, -0.1) is 0 Å². The highest BCUT2D eigenvalue weighted by Crippen LogP contribution is 2.39. The summed E-state index contributed by atoms with van der Waals surface area (Å²) in [6.45, 7) is 10.6. The first-order valence-corrected chi connectivity index (χ1v) is 14.7. The van der Waals surface area contributed by atoms with E-state index in [9.17, 15) is 17.6 Å². The zero-order valence-corrected chi connectivity index (χ0v) is 23.2. The SMILES string of the molecule is CCCN1CC2=C(C(=O)N[C@@H]2c2cc(S(=O)(=O)N3CCN(C[C@H](C)CF)CC3)ccc2OCC)N(C)C1. The Morgan fingerprint density at radius 2 is 1.89 bits per heavy atom. The molecule has 9 nitrogen and oxygen atoms in total. The van der Waals surface area contributed by atoms with Crippen LogP contribution in [0.5, 0.6) is 5.75 Å². The van der Waals surface area contributed by atoms with E-state index in [2.05, 4.69) is 22.0 Å². The fourth-order valence-electron chi connectivity index (χ4n) is 5.54. The van der Waals surface area contributed by atoms with Crippen molar-refractivity contribution in [3.05, 3.63) is 35.0 Å².